The minimum Gasteiger partial charge on any atom is -0.384 e. The molecule has 12 N–H and O–H groups in total. The molecule has 0 spiro atoms. The van der Waals surface area contributed by atoms with E-state index in [1.807, 2.05) is 6.07 Å². The quantitative estimate of drug-likeness (QED) is 0.0591. The van der Waals surface area contributed by atoms with Crippen molar-refractivity contribution in [1.82, 2.24) is 10.6 Å². The van der Waals surface area contributed by atoms with E-state index >= 15 is 0 Å². The zero-order valence-corrected chi connectivity index (χ0v) is 25.5. The molecule has 45 heavy (non-hydrogen) atoms. The molecule has 2 unspecified atom stereocenters. The predicted molar refractivity (Wildman–Crippen MR) is 174 cm³/mol. The molecule has 1 saturated carbocycles. The number of nitrogen functional groups attached to an aromatic ring is 1. The van der Waals surface area contributed by atoms with Crippen LogP contribution < -0.4 is 38.9 Å². The molecule has 0 bridgehead atoms. The summed E-state index contributed by atoms with van der Waals surface area (Å²) in [4.78, 5) is 57.1. The summed E-state index contributed by atoms with van der Waals surface area (Å²) in [6.07, 6.45) is 6.00. The molecule has 0 saturated heterocycles. The van der Waals surface area contributed by atoms with Crippen LogP contribution in [0.3, 0.4) is 0 Å². The van der Waals surface area contributed by atoms with Crippen LogP contribution >= 0.6 is 0 Å². The van der Waals surface area contributed by atoms with Gasteiger partial charge in [-0.2, -0.15) is 0 Å². The zero-order chi connectivity index (χ0) is 32.8. The number of primary amides is 1. The van der Waals surface area contributed by atoms with E-state index in [-0.39, 0.29) is 37.1 Å². The highest BCUT2D eigenvalue weighted by Crippen LogP contribution is 2.28. The molecule has 0 aliphatic heterocycles. The Hall–Kier alpha value is -4.94. The Labute approximate surface area is 263 Å². The monoisotopic (exact) mass is 619 g/mol. The maximum Gasteiger partial charge on any atom is 0.243 e. The molecule has 3 atom stereocenters. The molecule has 242 valence electrons. The van der Waals surface area contributed by atoms with E-state index in [1.165, 1.54) is 0 Å². The summed E-state index contributed by atoms with van der Waals surface area (Å²) in [5.41, 5.74) is 23.6. The number of nitrogens with two attached hydrogens (primary N) is 4. The Bertz CT molecular complexity index is 1340. The third kappa shape index (κ3) is 11.6. The van der Waals surface area contributed by atoms with Gasteiger partial charge in [-0.3, -0.25) is 29.6 Å². The van der Waals surface area contributed by atoms with Crippen molar-refractivity contribution in [3.63, 3.8) is 0 Å². The summed E-state index contributed by atoms with van der Waals surface area (Å²) in [5.74, 6) is -3.61. The second-order valence-electron chi connectivity index (χ2n) is 11.4. The minimum absolute atomic E-state index is 0.0369. The Kier molecular flexibility index (Phi) is 13.3. The number of amides is 4. The van der Waals surface area contributed by atoms with E-state index in [2.05, 4.69) is 20.9 Å². The van der Waals surface area contributed by atoms with Gasteiger partial charge in [0.2, 0.25) is 23.6 Å². The number of carbonyl (C=O) groups is 4. The van der Waals surface area contributed by atoms with Crippen molar-refractivity contribution in [2.24, 2.45) is 39.8 Å². The number of nitrogens with one attached hydrogen (secondary N) is 4. The molecule has 0 radical (unpaired) electrons. The number of para-hydroxylation sites is 1. The second kappa shape index (κ2) is 17.4. The first-order valence-electron chi connectivity index (χ1n) is 15.3. The molecule has 3 rings (SSSR count). The van der Waals surface area contributed by atoms with Gasteiger partial charge < -0.3 is 38.9 Å². The fraction of sp³-hybridized carbons (Fsp3) is 0.438. The first-order valence-corrected chi connectivity index (χ1v) is 15.3. The minimum atomic E-state index is -1.19. The summed E-state index contributed by atoms with van der Waals surface area (Å²) in [5, 5.41) is 16.0. The van der Waals surface area contributed by atoms with Crippen LogP contribution in [0.25, 0.3) is 0 Å². The van der Waals surface area contributed by atoms with E-state index in [0.29, 0.717) is 29.7 Å². The molecule has 4 amide bonds. The summed E-state index contributed by atoms with van der Waals surface area (Å²) < 4.78 is 0. The smallest absolute Gasteiger partial charge is 0.243 e. The number of amidine groups is 1. The summed E-state index contributed by atoms with van der Waals surface area (Å²) in [7, 11) is 0. The van der Waals surface area contributed by atoms with Crippen LogP contribution in [-0.4, -0.2) is 54.1 Å². The lowest BCUT2D eigenvalue weighted by Gasteiger charge is -2.29. The van der Waals surface area contributed by atoms with Crippen LogP contribution in [0.15, 0.2) is 59.6 Å². The first-order chi connectivity index (χ1) is 21.5. The van der Waals surface area contributed by atoms with E-state index in [4.69, 9.17) is 28.3 Å². The van der Waals surface area contributed by atoms with Gasteiger partial charge in [0.25, 0.3) is 0 Å². The van der Waals surface area contributed by atoms with Gasteiger partial charge in [0.05, 0.1) is 0 Å². The Morgan fingerprint density at radius 3 is 2.07 bits per heavy atom. The third-order valence-electron chi connectivity index (χ3n) is 7.91. The molecular formula is C32H45N9O4. The lowest BCUT2D eigenvalue weighted by atomic mass is 9.84. The molecule has 13 heteroatoms. The Balaban J connectivity index is 1.83. The van der Waals surface area contributed by atoms with E-state index < -0.39 is 41.6 Å². The van der Waals surface area contributed by atoms with Crippen LogP contribution in [0.5, 0.6) is 0 Å². The van der Waals surface area contributed by atoms with Crippen LogP contribution in [0.4, 0.5) is 5.69 Å². The number of anilines is 1. The molecule has 0 aromatic heterocycles. The van der Waals surface area contributed by atoms with Gasteiger partial charge in [-0.1, -0.05) is 74.6 Å². The maximum atomic E-state index is 13.9. The van der Waals surface area contributed by atoms with Gasteiger partial charge in [0.15, 0.2) is 5.96 Å². The van der Waals surface area contributed by atoms with Gasteiger partial charge in [-0.25, -0.2) is 0 Å². The number of nitrogens with zero attached hydrogens (tertiary/aromatic N) is 1. The predicted octanol–water partition coefficient (Wildman–Crippen LogP) is 1.25. The number of carbonyl (C=O) groups excluding carboxylic acids is 4. The van der Waals surface area contributed by atoms with E-state index in [1.54, 1.807) is 48.5 Å². The number of hydrogen-bond donors (Lipinski definition) is 8. The number of aliphatic imine (C=N–C) groups is 1. The Morgan fingerprint density at radius 2 is 1.47 bits per heavy atom. The molecule has 1 aliphatic rings. The van der Waals surface area contributed by atoms with Crippen molar-refractivity contribution in [3.05, 3.63) is 65.7 Å². The van der Waals surface area contributed by atoms with Gasteiger partial charge in [-0.05, 0) is 49.3 Å². The highest BCUT2D eigenvalue weighted by Gasteiger charge is 2.33. The average molecular weight is 620 g/mol. The lowest BCUT2D eigenvalue weighted by Crippen LogP contribution is -2.55. The lowest BCUT2D eigenvalue weighted by molar-refractivity contribution is -0.136. The van der Waals surface area contributed by atoms with Gasteiger partial charge in [0, 0.05) is 17.8 Å². The summed E-state index contributed by atoms with van der Waals surface area (Å²) in [6.45, 7) is 0.260. The molecule has 2 aromatic rings. The largest absolute Gasteiger partial charge is 0.384 e. The van der Waals surface area contributed by atoms with Gasteiger partial charge in [-0.15, -0.1) is 0 Å². The normalized spacial score (nSPS) is 15.1. The van der Waals surface area contributed by atoms with Crippen LogP contribution in [0.1, 0.15) is 62.5 Å². The first kappa shape index (κ1) is 34.5. The standard InChI is InChI=1S/C32H45N9O4/c33-27(34)22-15-13-21(14-16-22)18-24(29(43)39-23-10-5-2-6-11-23)30(44)41-26(19-20-8-3-1-4-9-20)31(45)40-25(28(35)42)12-7-17-38-32(36)37/h2,5-6,10-11,13-16,20,24-26H,1,3-4,7-9,12,17-19H2,(H3,33,34)(H2,35,42)(H,39,43)(H,40,45)(H,41,44)(H4,36,37,38)/t24?,25-,26?/m0/s1. The number of guanidine groups is 1. The maximum absolute atomic E-state index is 13.9. The van der Waals surface area contributed by atoms with Gasteiger partial charge >= 0.3 is 0 Å². The van der Waals surface area contributed by atoms with Crippen molar-refractivity contribution >= 4 is 41.1 Å². The van der Waals surface area contributed by atoms with Crippen LogP contribution in [-0.2, 0) is 25.6 Å². The van der Waals surface area contributed by atoms with Crippen molar-refractivity contribution in [1.29, 1.82) is 5.41 Å². The number of benzene rings is 2. The average Bonchev–Trinajstić information content (AvgIpc) is 3.01. The summed E-state index contributed by atoms with van der Waals surface area (Å²) in [6, 6.07) is 13.5. The van der Waals surface area contributed by atoms with Crippen molar-refractivity contribution in [3.8, 4) is 0 Å². The molecular weight excluding hydrogens is 574 g/mol. The zero-order valence-electron chi connectivity index (χ0n) is 25.5. The molecule has 13 nitrogen and oxygen atoms in total. The topological polar surface area (TPSA) is 245 Å². The molecule has 1 fully saturated rings. The Morgan fingerprint density at radius 1 is 0.822 bits per heavy atom. The fourth-order valence-electron chi connectivity index (χ4n) is 5.43. The van der Waals surface area contributed by atoms with E-state index in [9.17, 15) is 19.2 Å². The fourth-order valence-corrected chi connectivity index (χ4v) is 5.43. The number of hydrogen-bond acceptors (Lipinski definition) is 6. The van der Waals surface area contributed by atoms with Crippen molar-refractivity contribution < 1.29 is 19.2 Å². The molecule has 1 aliphatic carbocycles. The third-order valence-corrected chi connectivity index (χ3v) is 7.91. The van der Waals surface area contributed by atoms with Crippen molar-refractivity contribution in [2.75, 3.05) is 11.9 Å². The summed E-state index contributed by atoms with van der Waals surface area (Å²) >= 11 is 0. The molecule has 2 aromatic carbocycles. The van der Waals surface area contributed by atoms with Crippen LogP contribution in [0, 0.1) is 17.2 Å². The number of rotatable bonds is 16. The van der Waals surface area contributed by atoms with Gasteiger partial charge in [0.1, 0.15) is 23.8 Å². The molecule has 0 heterocycles. The van der Waals surface area contributed by atoms with Crippen molar-refractivity contribution in [2.45, 2.75) is 69.9 Å². The second-order valence-corrected chi connectivity index (χ2v) is 11.4. The van der Waals surface area contributed by atoms with Crippen LogP contribution in [0.2, 0.25) is 0 Å². The van der Waals surface area contributed by atoms with E-state index in [0.717, 1.165) is 32.1 Å². The SMILES string of the molecule is N=C(N)c1ccc(CC(C(=O)Nc2ccccc2)C(=O)NC(CC2CCCCC2)C(=O)N[C@@H](CCCN=C(N)N)C(N)=O)cc1. The highest BCUT2D eigenvalue weighted by molar-refractivity contribution is 6.07. The highest BCUT2D eigenvalue weighted by atomic mass is 16.2.